The molecule has 0 radical (unpaired) electrons. The molecule has 2 heterocycles. The van der Waals surface area contributed by atoms with Gasteiger partial charge in [-0.1, -0.05) is 18.2 Å². The zero-order valence-electron chi connectivity index (χ0n) is 13.7. The number of likely N-dealkylation sites (tertiary alicyclic amines) is 1. The molecule has 2 aromatic rings. The second kappa shape index (κ2) is 5.99. The molecule has 0 bridgehead atoms. The molecular weight excluding hydrogens is 290 g/mol. The first-order valence-electron chi connectivity index (χ1n) is 7.82. The second-order valence-electron chi connectivity index (χ2n) is 6.32. The molecular formula is C18H21N3O2. The van der Waals surface area contributed by atoms with Crippen molar-refractivity contribution < 1.29 is 9.59 Å². The monoisotopic (exact) mass is 311 g/mol. The molecule has 3 rings (SSSR count). The van der Waals surface area contributed by atoms with Crippen LogP contribution in [0, 0.1) is 19.8 Å². The van der Waals surface area contributed by atoms with Crippen molar-refractivity contribution in [2.24, 2.45) is 13.0 Å². The molecule has 1 aromatic heterocycles. The third-order valence-corrected chi connectivity index (χ3v) is 4.54. The Morgan fingerprint density at radius 2 is 1.91 bits per heavy atom. The van der Waals surface area contributed by atoms with Crippen LogP contribution in [-0.4, -0.2) is 26.5 Å². The highest BCUT2D eigenvalue weighted by atomic mass is 16.2. The lowest BCUT2D eigenvalue weighted by Gasteiger charge is -2.18. The Balaban J connectivity index is 1.76. The summed E-state index contributed by atoms with van der Waals surface area (Å²) in [4.78, 5) is 26.3. The van der Waals surface area contributed by atoms with E-state index in [0.29, 0.717) is 19.4 Å². The lowest BCUT2D eigenvalue weighted by molar-refractivity contribution is -0.140. The van der Waals surface area contributed by atoms with E-state index in [4.69, 9.17) is 0 Å². The number of carbonyl (C=O) groups is 2. The van der Waals surface area contributed by atoms with E-state index >= 15 is 0 Å². The molecule has 1 aromatic carbocycles. The average Bonchev–Trinajstić information content (AvgIpc) is 3.01. The first-order valence-corrected chi connectivity index (χ1v) is 7.82. The van der Waals surface area contributed by atoms with Gasteiger partial charge in [0.1, 0.15) is 0 Å². The minimum atomic E-state index is -0.268. The summed E-state index contributed by atoms with van der Waals surface area (Å²) >= 11 is 0. The van der Waals surface area contributed by atoms with E-state index in [-0.39, 0.29) is 17.7 Å². The van der Waals surface area contributed by atoms with Crippen molar-refractivity contribution in [1.29, 1.82) is 0 Å². The Morgan fingerprint density at radius 1 is 1.22 bits per heavy atom. The first kappa shape index (κ1) is 15.5. The van der Waals surface area contributed by atoms with E-state index in [1.165, 1.54) is 4.90 Å². The van der Waals surface area contributed by atoms with E-state index in [1.54, 1.807) is 10.9 Å². The molecule has 2 amide bonds. The highest BCUT2D eigenvalue weighted by molar-refractivity contribution is 6.03. The molecule has 1 aliphatic rings. The summed E-state index contributed by atoms with van der Waals surface area (Å²) in [6.45, 7) is 4.40. The minimum absolute atomic E-state index is 0.0680. The number of nitrogens with zero attached hydrogens (tertiary/aromatic N) is 3. The third kappa shape index (κ3) is 3.04. The van der Waals surface area contributed by atoms with Crippen molar-refractivity contribution >= 4 is 11.8 Å². The maximum Gasteiger partial charge on any atom is 0.233 e. The minimum Gasteiger partial charge on any atom is -0.278 e. The normalized spacial score (nSPS) is 18.0. The van der Waals surface area contributed by atoms with Gasteiger partial charge in [-0.3, -0.25) is 19.2 Å². The predicted molar refractivity (Wildman–Crippen MR) is 86.5 cm³/mol. The zero-order valence-corrected chi connectivity index (χ0v) is 13.7. The van der Waals surface area contributed by atoms with Gasteiger partial charge in [0.15, 0.2) is 0 Å². The van der Waals surface area contributed by atoms with Gasteiger partial charge in [-0.25, -0.2) is 0 Å². The maximum atomic E-state index is 12.6. The average molecular weight is 311 g/mol. The number of aromatic nitrogens is 2. The fraction of sp³-hybridized carbons (Fsp3) is 0.389. The Morgan fingerprint density at radius 3 is 2.52 bits per heavy atom. The molecule has 1 fully saturated rings. The lowest BCUT2D eigenvalue weighted by Crippen LogP contribution is -2.31. The van der Waals surface area contributed by atoms with Gasteiger partial charge in [-0.2, -0.15) is 5.10 Å². The standard InChI is InChI=1S/C18H21N3O2/c1-12-5-4-6-13(2)16(12)11-21-17(22)8-15(18(21)23)7-14-9-19-20(3)10-14/h4-6,9-10,15H,7-8,11H2,1-3H3. The maximum absolute atomic E-state index is 12.6. The number of aryl methyl sites for hydroxylation is 3. The molecule has 0 spiro atoms. The lowest BCUT2D eigenvalue weighted by atomic mass is 10.00. The van der Waals surface area contributed by atoms with Crippen LogP contribution >= 0.6 is 0 Å². The van der Waals surface area contributed by atoms with Crippen molar-refractivity contribution in [1.82, 2.24) is 14.7 Å². The summed E-state index contributed by atoms with van der Waals surface area (Å²) in [6.07, 6.45) is 4.51. The SMILES string of the molecule is Cc1cccc(C)c1CN1C(=O)CC(Cc2cnn(C)c2)C1=O. The van der Waals surface area contributed by atoms with Crippen LogP contribution in [0.1, 0.15) is 28.7 Å². The second-order valence-corrected chi connectivity index (χ2v) is 6.32. The van der Waals surface area contributed by atoms with Gasteiger partial charge < -0.3 is 0 Å². The van der Waals surface area contributed by atoms with Crippen LogP contribution in [0.5, 0.6) is 0 Å². The first-order chi connectivity index (χ1) is 11.0. The topological polar surface area (TPSA) is 55.2 Å². The molecule has 0 aliphatic carbocycles. The van der Waals surface area contributed by atoms with Crippen LogP contribution in [0.3, 0.4) is 0 Å². The number of rotatable bonds is 4. The molecule has 0 saturated carbocycles. The van der Waals surface area contributed by atoms with Crippen molar-refractivity contribution in [3.05, 3.63) is 52.8 Å². The van der Waals surface area contributed by atoms with E-state index in [0.717, 1.165) is 22.3 Å². The molecule has 1 saturated heterocycles. The summed E-state index contributed by atoms with van der Waals surface area (Å²) in [5.74, 6) is -0.413. The highest BCUT2D eigenvalue weighted by Crippen LogP contribution is 2.26. The van der Waals surface area contributed by atoms with Crippen LogP contribution in [0.15, 0.2) is 30.6 Å². The van der Waals surface area contributed by atoms with Crippen molar-refractivity contribution in [3.63, 3.8) is 0 Å². The van der Waals surface area contributed by atoms with Crippen molar-refractivity contribution in [2.45, 2.75) is 33.2 Å². The largest absolute Gasteiger partial charge is 0.278 e. The van der Waals surface area contributed by atoms with Gasteiger partial charge in [0.2, 0.25) is 11.8 Å². The summed E-state index contributed by atoms with van der Waals surface area (Å²) in [5.41, 5.74) is 4.28. The van der Waals surface area contributed by atoms with Gasteiger partial charge >= 0.3 is 0 Å². The molecule has 23 heavy (non-hydrogen) atoms. The quantitative estimate of drug-likeness (QED) is 0.813. The Hall–Kier alpha value is -2.43. The molecule has 5 nitrogen and oxygen atoms in total. The van der Waals surface area contributed by atoms with E-state index < -0.39 is 0 Å². The zero-order chi connectivity index (χ0) is 16.6. The summed E-state index contributed by atoms with van der Waals surface area (Å²) in [6, 6.07) is 6.02. The van der Waals surface area contributed by atoms with Crippen molar-refractivity contribution in [3.8, 4) is 0 Å². The number of imide groups is 1. The fourth-order valence-corrected chi connectivity index (χ4v) is 3.20. The van der Waals surface area contributed by atoms with Crippen LogP contribution < -0.4 is 0 Å². The molecule has 120 valence electrons. The smallest absolute Gasteiger partial charge is 0.233 e. The number of hydrogen-bond donors (Lipinski definition) is 0. The highest BCUT2D eigenvalue weighted by Gasteiger charge is 2.38. The van der Waals surface area contributed by atoms with Crippen LogP contribution in [-0.2, 0) is 29.6 Å². The summed E-state index contributed by atoms with van der Waals surface area (Å²) < 4.78 is 1.71. The van der Waals surface area contributed by atoms with E-state index in [1.807, 2.05) is 45.3 Å². The number of amides is 2. The third-order valence-electron chi connectivity index (χ3n) is 4.54. The van der Waals surface area contributed by atoms with E-state index in [9.17, 15) is 9.59 Å². The number of hydrogen-bond acceptors (Lipinski definition) is 3. The van der Waals surface area contributed by atoms with Gasteiger partial charge in [-0.15, -0.1) is 0 Å². The molecule has 1 atom stereocenters. The van der Waals surface area contributed by atoms with Crippen molar-refractivity contribution in [2.75, 3.05) is 0 Å². The Kier molecular flexibility index (Phi) is 4.03. The van der Waals surface area contributed by atoms with Gasteiger partial charge in [0, 0.05) is 19.7 Å². The van der Waals surface area contributed by atoms with Crippen LogP contribution in [0.4, 0.5) is 0 Å². The van der Waals surface area contributed by atoms with Crippen LogP contribution in [0.25, 0.3) is 0 Å². The van der Waals surface area contributed by atoms with Gasteiger partial charge in [0.05, 0.1) is 18.7 Å². The van der Waals surface area contributed by atoms with Crippen LogP contribution in [0.2, 0.25) is 0 Å². The number of carbonyl (C=O) groups excluding carboxylic acids is 2. The fourth-order valence-electron chi connectivity index (χ4n) is 3.20. The van der Waals surface area contributed by atoms with Gasteiger partial charge in [-0.05, 0) is 42.5 Å². The summed E-state index contributed by atoms with van der Waals surface area (Å²) in [5, 5.41) is 4.12. The summed E-state index contributed by atoms with van der Waals surface area (Å²) in [7, 11) is 1.85. The molecule has 1 unspecified atom stereocenters. The molecule has 0 N–H and O–H groups in total. The van der Waals surface area contributed by atoms with E-state index in [2.05, 4.69) is 5.10 Å². The Bertz CT molecular complexity index is 743. The van der Waals surface area contributed by atoms with Gasteiger partial charge in [0.25, 0.3) is 0 Å². The molecule has 5 heteroatoms. The Labute approximate surface area is 135 Å². The number of benzene rings is 1. The molecule has 1 aliphatic heterocycles. The predicted octanol–water partition coefficient (Wildman–Crippen LogP) is 2.15.